The number of amides is 1. The van der Waals surface area contributed by atoms with E-state index < -0.39 is 15.8 Å². The molecule has 186 valence electrons. The summed E-state index contributed by atoms with van der Waals surface area (Å²) in [6, 6.07) is 20.7. The van der Waals surface area contributed by atoms with Crippen molar-refractivity contribution < 1.29 is 17.6 Å². The zero-order chi connectivity index (χ0) is 25.3. The van der Waals surface area contributed by atoms with Crippen molar-refractivity contribution in [2.24, 2.45) is 5.92 Å². The number of sulfonamides is 1. The number of hydrogen-bond donors (Lipinski definition) is 0. The van der Waals surface area contributed by atoms with Gasteiger partial charge in [0.1, 0.15) is 5.82 Å². The number of hydrogen-bond acceptors (Lipinski definition) is 5. The Morgan fingerprint density at radius 1 is 1.06 bits per heavy atom. The zero-order valence-electron chi connectivity index (χ0n) is 19.8. The first-order valence-corrected chi connectivity index (χ1v) is 14.0. The van der Waals surface area contributed by atoms with E-state index in [1.54, 1.807) is 4.90 Å². The fraction of sp³-hybridized carbons (Fsp3) is 0.259. The normalized spacial score (nSPS) is 15.3. The van der Waals surface area contributed by atoms with E-state index in [9.17, 15) is 17.6 Å². The highest BCUT2D eigenvalue weighted by Crippen LogP contribution is 2.33. The van der Waals surface area contributed by atoms with Crippen molar-refractivity contribution in [1.29, 1.82) is 0 Å². The summed E-state index contributed by atoms with van der Waals surface area (Å²) in [5, 5.41) is 0.644. The minimum absolute atomic E-state index is 0.0477. The SMILES string of the molecule is Cc1ccc2nc(N(Cc3ccccc3)C(=O)C3CCN(S(=O)(=O)c4ccc(F)cc4)CC3)sc2c1. The summed E-state index contributed by atoms with van der Waals surface area (Å²) in [6.45, 7) is 2.88. The van der Waals surface area contributed by atoms with Crippen LogP contribution >= 0.6 is 11.3 Å². The van der Waals surface area contributed by atoms with Gasteiger partial charge in [0, 0.05) is 19.0 Å². The molecule has 1 aliphatic rings. The third kappa shape index (κ3) is 5.04. The largest absolute Gasteiger partial charge is 0.283 e. The number of halogens is 1. The fourth-order valence-corrected chi connectivity index (χ4v) is 7.00. The van der Waals surface area contributed by atoms with Crippen LogP contribution in [0.5, 0.6) is 0 Å². The Morgan fingerprint density at radius 3 is 2.44 bits per heavy atom. The van der Waals surface area contributed by atoms with Gasteiger partial charge in [0.15, 0.2) is 5.13 Å². The second-order valence-electron chi connectivity index (χ2n) is 9.01. The van der Waals surface area contributed by atoms with Gasteiger partial charge < -0.3 is 0 Å². The molecule has 0 atom stereocenters. The lowest BCUT2D eigenvalue weighted by Gasteiger charge is -2.33. The van der Waals surface area contributed by atoms with Gasteiger partial charge in [-0.15, -0.1) is 0 Å². The van der Waals surface area contributed by atoms with Crippen LogP contribution in [0.4, 0.5) is 9.52 Å². The van der Waals surface area contributed by atoms with Crippen molar-refractivity contribution in [1.82, 2.24) is 9.29 Å². The number of aryl methyl sites for hydroxylation is 1. The van der Waals surface area contributed by atoms with Gasteiger partial charge in [-0.25, -0.2) is 17.8 Å². The molecule has 0 radical (unpaired) electrons. The lowest BCUT2D eigenvalue weighted by Crippen LogP contribution is -2.44. The molecule has 0 saturated carbocycles. The molecule has 1 aromatic heterocycles. The van der Waals surface area contributed by atoms with Crippen LogP contribution in [-0.2, 0) is 21.4 Å². The average Bonchev–Trinajstić information content (AvgIpc) is 3.31. The lowest BCUT2D eigenvalue weighted by atomic mass is 9.96. The minimum Gasteiger partial charge on any atom is -0.283 e. The first kappa shape index (κ1) is 24.5. The topological polar surface area (TPSA) is 70.6 Å². The minimum atomic E-state index is -3.74. The molecule has 36 heavy (non-hydrogen) atoms. The maximum Gasteiger partial charge on any atom is 0.243 e. The van der Waals surface area contributed by atoms with Gasteiger partial charge in [0.25, 0.3) is 0 Å². The molecule has 0 spiro atoms. The number of carbonyl (C=O) groups excluding carboxylic acids is 1. The predicted molar refractivity (Wildman–Crippen MR) is 140 cm³/mol. The second kappa shape index (κ2) is 10.1. The Morgan fingerprint density at radius 2 is 1.75 bits per heavy atom. The molecule has 0 unspecified atom stereocenters. The van der Waals surface area contributed by atoms with Crippen molar-refractivity contribution in [3.05, 3.63) is 89.7 Å². The van der Waals surface area contributed by atoms with Crippen LogP contribution in [0, 0.1) is 18.7 Å². The first-order valence-electron chi connectivity index (χ1n) is 11.8. The van der Waals surface area contributed by atoms with E-state index in [1.807, 2.05) is 49.4 Å². The molecule has 0 aliphatic carbocycles. The maximum atomic E-state index is 13.8. The molecular weight excluding hydrogens is 497 g/mol. The molecule has 3 aromatic carbocycles. The van der Waals surface area contributed by atoms with E-state index in [2.05, 4.69) is 6.07 Å². The van der Waals surface area contributed by atoms with Crippen LogP contribution in [0.3, 0.4) is 0 Å². The Labute approximate surface area is 214 Å². The van der Waals surface area contributed by atoms with Gasteiger partial charge in [-0.1, -0.05) is 47.7 Å². The highest BCUT2D eigenvalue weighted by molar-refractivity contribution is 7.89. The number of piperidine rings is 1. The standard InChI is InChI=1S/C27H26FN3O3S2/c1-19-7-12-24-25(17-19)35-27(29-24)31(18-20-5-3-2-4-6-20)26(32)21-13-15-30(16-14-21)36(33,34)23-10-8-22(28)9-11-23/h2-12,17,21H,13-16,18H2,1H3. The molecule has 5 rings (SSSR count). The Kier molecular flexibility index (Phi) is 6.87. The van der Waals surface area contributed by atoms with Crippen LogP contribution in [-0.4, -0.2) is 36.7 Å². The maximum absolute atomic E-state index is 13.8. The molecule has 9 heteroatoms. The van der Waals surface area contributed by atoms with Gasteiger partial charge in [-0.3, -0.25) is 9.69 Å². The summed E-state index contributed by atoms with van der Waals surface area (Å²) < 4.78 is 41.7. The average molecular weight is 524 g/mol. The van der Waals surface area contributed by atoms with E-state index in [-0.39, 0.29) is 29.8 Å². The third-order valence-electron chi connectivity index (χ3n) is 6.47. The van der Waals surface area contributed by atoms with Gasteiger partial charge in [0.05, 0.1) is 21.7 Å². The number of anilines is 1. The first-order chi connectivity index (χ1) is 17.3. The van der Waals surface area contributed by atoms with Crippen molar-refractivity contribution in [2.75, 3.05) is 18.0 Å². The Bertz CT molecular complexity index is 1480. The summed E-state index contributed by atoms with van der Waals surface area (Å²) in [7, 11) is -3.74. The summed E-state index contributed by atoms with van der Waals surface area (Å²) in [5.74, 6) is -0.850. The lowest BCUT2D eigenvalue weighted by molar-refractivity contribution is -0.123. The molecule has 0 N–H and O–H groups in total. The van der Waals surface area contributed by atoms with E-state index in [4.69, 9.17) is 4.98 Å². The number of rotatable bonds is 6. The molecule has 2 heterocycles. The van der Waals surface area contributed by atoms with E-state index in [0.29, 0.717) is 24.5 Å². The van der Waals surface area contributed by atoms with Gasteiger partial charge in [0.2, 0.25) is 15.9 Å². The summed E-state index contributed by atoms with van der Waals surface area (Å²) in [5.41, 5.74) is 2.98. The van der Waals surface area contributed by atoms with Crippen LogP contribution in [0.2, 0.25) is 0 Å². The van der Waals surface area contributed by atoms with Crippen LogP contribution in [0.15, 0.2) is 77.7 Å². The van der Waals surface area contributed by atoms with E-state index in [0.717, 1.165) is 33.5 Å². The monoisotopic (exact) mass is 523 g/mol. The third-order valence-corrected chi connectivity index (χ3v) is 9.42. The summed E-state index contributed by atoms with van der Waals surface area (Å²) in [6.07, 6.45) is 0.823. The molecule has 1 saturated heterocycles. The fourth-order valence-electron chi connectivity index (χ4n) is 4.46. The molecule has 6 nitrogen and oxygen atoms in total. The number of nitrogens with zero attached hydrogens (tertiary/aromatic N) is 3. The molecule has 1 fully saturated rings. The van der Waals surface area contributed by atoms with Crippen LogP contribution in [0.25, 0.3) is 10.2 Å². The highest BCUT2D eigenvalue weighted by Gasteiger charge is 2.35. The predicted octanol–water partition coefficient (Wildman–Crippen LogP) is 5.38. The Hall–Kier alpha value is -3.14. The van der Waals surface area contributed by atoms with Gasteiger partial charge in [-0.05, 0) is 67.3 Å². The quantitative estimate of drug-likeness (QED) is 0.340. The number of carbonyl (C=O) groups is 1. The van der Waals surface area contributed by atoms with Crippen LogP contribution < -0.4 is 4.90 Å². The van der Waals surface area contributed by atoms with Crippen LogP contribution in [0.1, 0.15) is 24.0 Å². The van der Waals surface area contributed by atoms with E-state index >= 15 is 0 Å². The van der Waals surface area contributed by atoms with Crippen molar-refractivity contribution >= 4 is 42.6 Å². The smallest absolute Gasteiger partial charge is 0.243 e. The number of benzene rings is 3. The molecular formula is C27H26FN3O3S2. The van der Waals surface area contributed by atoms with Crippen molar-refractivity contribution in [2.45, 2.75) is 31.2 Å². The number of aromatic nitrogens is 1. The Balaban J connectivity index is 1.37. The molecule has 1 amide bonds. The molecule has 1 aliphatic heterocycles. The zero-order valence-corrected chi connectivity index (χ0v) is 21.4. The van der Waals surface area contributed by atoms with Crippen molar-refractivity contribution in [3.8, 4) is 0 Å². The summed E-state index contributed by atoms with van der Waals surface area (Å²) in [4.78, 5) is 20.3. The van der Waals surface area contributed by atoms with Gasteiger partial charge >= 0.3 is 0 Å². The second-order valence-corrected chi connectivity index (χ2v) is 12.0. The number of thiazole rings is 1. The number of fused-ring (bicyclic) bond motifs is 1. The molecule has 0 bridgehead atoms. The highest BCUT2D eigenvalue weighted by atomic mass is 32.2. The van der Waals surface area contributed by atoms with Gasteiger partial charge in [-0.2, -0.15) is 4.31 Å². The van der Waals surface area contributed by atoms with Crippen molar-refractivity contribution in [3.63, 3.8) is 0 Å². The summed E-state index contributed by atoms with van der Waals surface area (Å²) >= 11 is 1.49. The molecule has 4 aromatic rings. The van der Waals surface area contributed by atoms with E-state index in [1.165, 1.54) is 27.8 Å².